The number of aromatic nitrogens is 4. The zero-order chi connectivity index (χ0) is 22.2. The lowest BCUT2D eigenvalue weighted by Crippen LogP contribution is -2.11. The van der Waals surface area contributed by atoms with Gasteiger partial charge in [0.1, 0.15) is 11.6 Å². The van der Waals surface area contributed by atoms with E-state index in [2.05, 4.69) is 9.97 Å². The number of aryl methyl sites for hydroxylation is 3. The fourth-order valence-electron chi connectivity index (χ4n) is 3.84. The first kappa shape index (κ1) is 21.0. The maximum atomic E-state index is 12.8. The molecular formula is C23H23F3N4O. The zero-order valence-electron chi connectivity index (χ0n) is 17.6. The molecule has 0 amide bonds. The van der Waals surface area contributed by atoms with Crippen molar-refractivity contribution >= 4 is 11.0 Å². The molecule has 0 fully saturated rings. The van der Waals surface area contributed by atoms with Gasteiger partial charge in [-0.3, -0.25) is 0 Å². The summed E-state index contributed by atoms with van der Waals surface area (Å²) in [5.41, 5.74) is 4.99. The van der Waals surface area contributed by atoms with Crippen molar-refractivity contribution in [1.29, 1.82) is 0 Å². The molecule has 0 spiro atoms. The number of rotatable bonds is 6. The smallest absolute Gasteiger partial charge is 0.389 e. The molecule has 8 heteroatoms. The van der Waals surface area contributed by atoms with Crippen molar-refractivity contribution < 1.29 is 17.9 Å². The Morgan fingerprint density at radius 3 is 2.58 bits per heavy atom. The number of para-hydroxylation sites is 1. The first-order chi connectivity index (χ1) is 14.8. The van der Waals surface area contributed by atoms with Crippen LogP contribution in [-0.4, -0.2) is 32.4 Å². The highest BCUT2D eigenvalue weighted by molar-refractivity contribution is 5.93. The molecule has 0 radical (unpaired) electrons. The van der Waals surface area contributed by atoms with Gasteiger partial charge in [0, 0.05) is 24.7 Å². The molecule has 5 nitrogen and oxygen atoms in total. The number of halogens is 3. The summed E-state index contributed by atoms with van der Waals surface area (Å²) in [6.07, 6.45) is -1.61. The summed E-state index contributed by atoms with van der Waals surface area (Å²) in [6.45, 7) is 4.38. The molecule has 162 valence electrons. The molecule has 2 aromatic heterocycles. The Kier molecular flexibility index (Phi) is 5.47. The number of benzene rings is 2. The van der Waals surface area contributed by atoms with Crippen LogP contribution in [-0.2, 0) is 13.0 Å². The highest BCUT2D eigenvalue weighted by Crippen LogP contribution is 2.34. The van der Waals surface area contributed by atoms with E-state index in [4.69, 9.17) is 4.74 Å². The van der Waals surface area contributed by atoms with Crippen LogP contribution >= 0.6 is 0 Å². The molecule has 4 rings (SSSR count). The summed E-state index contributed by atoms with van der Waals surface area (Å²) in [7, 11) is 1.61. The fourth-order valence-corrected chi connectivity index (χ4v) is 3.84. The van der Waals surface area contributed by atoms with Crippen molar-refractivity contribution in [3.63, 3.8) is 0 Å². The zero-order valence-corrected chi connectivity index (χ0v) is 17.6. The highest BCUT2D eigenvalue weighted by atomic mass is 19.4. The Balaban J connectivity index is 1.80. The SMILES string of the molecule is CCn1c(CCC(F)(F)F)nc2c(-c3ccc(-n4cnc(C)c4)c(OC)c3)cccc21. The van der Waals surface area contributed by atoms with Gasteiger partial charge >= 0.3 is 6.18 Å². The molecule has 0 aliphatic rings. The minimum Gasteiger partial charge on any atom is -0.495 e. The van der Waals surface area contributed by atoms with Crippen LogP contribution in [0.25, 0.3) is 27.8 Å². The van der Waals surface area contributed by atoms with Gasteiger partial charge in [0.05, 0.1) is 42.3 Å². The van der Waals surface area contributed by atoms with E-state index in [1.165, 1.54) is 0 Å². The van der Waals surface area contributed by atoms with Gasteiger partial charge in [0.2, 0.25) is 0 Å². The molecule has 0 unspecified atom stereocenters. The summed E-state index contributed by atoms with van der Waals surface area (Å²) in [5, 5.41) is 0. The summed E-state index contributed by atoms with van der Waals surface area (Å²) < 4.78 is 47.7. The van der Waals surface area contributed by atoms with Gasteiger partial charge in [-0.2, -0.15) is 13.2 Å². The number of fused-ring (bicyclic) bond motifs is 1. The molecule has 0 saturated carbocycles. The van der Waals surface area contributed by atoms with Crippen molar-refractivity contribution in [1.82, 2.24) is 19.1 Å². The molecule has 0 aliphatic carbocycles. The standard InChI is InChI=1S/C23H23F3N4O/c1-4-30-19-7-5-6-17(22(19)28-21(30)10-11-23(24,25)26)16-8-9-18(20(12-16)31-3)29-13-15(2)27-14-29/h5-9,12-14H,4,10-11H2,1-3H3. The van der Waals surface area contributed by atoms with E-state index in [-0.39, 0.29) is 6.42 Å². The lowest BCUT2D eigenvalue weighted by molar-refractivity contribution is -0.134. The minimum atomic E-state index is -4.21. The van der Waals surface area contributed by atoms with Crippen LogP contribution in [0.3, 0.4) is 0 Å². The molecule has 2 heterocycles. The Morgan fingerprint density at radius 2 is 1.94 bits per heavy atom. The molecule has 0 N–H and O–H groups in total. The van der Waals surface area contributed by atoms with E-state index in [1.807, 2.05) is 65.6 Å². The topological polar surface area (TPSA) is 44.9 Å². The van der Waals surface area contributed by atoms with E-state index in [0.29, 0.717) is 23.6 Å². The maximum Gasteiger partial charge on any atom is 0.389 e. The third-order valence-electron chi connectivity index (χ3n) is 5.29. The van der Waals surface area contributed by atoms with E-state index in [1.54, 1.807) is 13.4 Å². The number of methoxy groups -OCH3 is 1. The second kappa shape index (κ2) is 8.09. The monoisotopic (exact) mass is 428 g/mol. The average molecular weight is 428 g/mol. The van der Waals surface area contributed by atoms with Crippen LogP contribution in [0.5, 0.6) is 5.75 Å². The normalized spacial score (nSPS) is 11.9. The van der Waals surface area contributed by atoms with Crippen molar-refractivity contribution in [2.75, 3.05) is 7.11 Å². The highest BCUT2D eigenvalue weighted by Gasteiger charge is 2.28. The fraction of sp³-hybridized carbons (Fsp3) is 0.304. The lowest BCUT2D eigenvalue weighted by atomic mass is 10.0. The largest absolute Gasteiger partial charge is 0.495 e. The number of ether oxygens (including phenoxy) is 1. The van der Waals surface area contributed by atoms with E-state index in [0.717, 1.165) is 28.0 Å². The summed E-state index contributed by atoms with van der Waals surface area (Å²) in [4.78, 5) is 8.87. The summed E-state index contributed by atoms with van der Waals surface area (Å²) in [6, 6.07) is 11.5. The van der Waals surface area contributed by atoms with Gasteiger partial charge in [0.15, 0.2) is 0 Å². The van der Waals surface area contributed by atoms with Crippen molar-refractivity contribution in [3.8, 4) is 22.6 Å². The van der Waals surface area contributed by atoms with Crippen LogP contribution in [0.1, 0.15) is 24.9 Å². The van der Waals surface area contributed by atoms with E-state index in [9.17, 15) is 13.2 Å². The number of alkyl halides is 3. The van der Waals surface area contributed by atoms with Gasteiger partial charge < -0.3 is 13.9 Å². The average Bonchev–Trinajstić information content (AvgIpc) is 3.34. The van der Waals surface area contributed by atoms with E-state index >= 15 is 0 Å². The third kappa shape index (κ3) is 4.15. The molecule has 0 aliphatic heterocycles. The number of hydrogen-bond acceptors (Lipinski definition) is 3. The Morgan fingerprint density at radius 1 is 1.13 bits per heavy atom. The molecule has 31 heavy (non-hydrogen) atoms. The second-order valence-electron chi connectivity index (χ2n) is 7.37. The van der Waals surface area contributed by atoms with Crippen molar-refractivity contribution in [2.24, 2.45) is 0 Å². The maximum absolute atomic E-state index is 12.8. The van der Waals surface area contributed by atoms with Crippen LogP contribution < -0.4 is 4.74 Å². The summed E-state index contributed by atoms with van der Waals surface area (Å²) >= 11 is 0. The van der Waals surface area contributed by atoms with Gasteiger partial charge in [-0.1, -0.05) is 18.2 Å². The van der Waals surface area contributed by atoms with Gasteiger partial charge in [-0.05, 0) is 37.6 Å². The molecular weight excluding hydrogens is 405 g/mol. The molecule has 0 atom stereocenters. The van der Waals surface area contributed by atoms with Crippen LogP contribution in [0.4, 0.5) is 13.2 Å². The lowest BCUT2D eigenvalue weighted by Gasteiger charge is -2.12. The third-order valence-corrected chi connectivity index (χ3v) is 5.29. The number of hydrogen-bond donors (Lipinski definition) is 0. The van der Waals surface area contributed by atoms with Gasteiger partial charge in [-0.15, -0.1) is 0 Å². The number of imidazole rings is 2. The molecule has 2 aromatic carbocycles. The summed E-state index contributed by atoms with van der Waals surface area (Å²) in [5.74, 6) is 1.11. The van der Waals surface area contributed by atoms with Crippen LogP contribution in [0, 0.1) is 6.92 Å². The second-order valence-corrected chi connectivity index (χ2v) is 7.37. The first-order valence-corrected chi connectivity index (χ1v) is 10.0. The number of nitrogens with zero attached hydrogens (tertiary/aromatic N) is 4. The predicted octanol–water partition coefficient (Wildman–Crippen LogP) is 5.72. The first-order valence-electron chi connectivity index (χ1n) is 10.0. The Hall–Kier alpha value is -3.29. The van der Waals surface area contributed by atoms with Crippen LogP contribution in [0.15, 0.2) is 48.9 Å². The molecule has 4 aromatic rings. The van der Waals surface area contributed by atoms with Crippen molar-refractivity contribution in [3.05, 3.63) is 60.4 Å². The van der Waals surface area contributed by atoms with Gasteiger partial charge in [-0.25, -0.2) is 9.97 Å². The van der Waals surface area contributed by atoms with Crippen molar-refractivity contribution in [2.45, 2.75) is 39.4 Å². The molecule has 0 saturated heterocycles. The Labute approximate surface area is 178 Å². The quantitative estimate of drug-likeness (QED) is 0.395. The minimum absolute atomic E-state index is 0.145. The van der Waals surface area contributed by atoms with Crippen LogP contribution in [0.2, 0.25) is 0 Å². The predicted molar refractivity (Wildman–Crippen MR) is 114 cm³/mol. The van der Waals surface area contributed by atoms with E-state index < -0.39 is 12.6 Å². The van der Waals surface area contributed by atoms with Gasteiger partial charge in [0.25, 0.3) is 0 Å². The Bertz CT molecular complexity index is 1220. The molecule has 0 bridgehead atoms.